The highest BCUT2D eigenvalue weighted by Gasteiger charge is 2.12. The smallest absolute Gasteiger partial charge is 0.108 e. The van der Waals surface area contributed by atoms with Gasteiger partial charge in [-0.3, -0.25) is 0 Å². The predicted octanol–water partition coefficient (Wildman–Crippen LogP) is 0.620. The highest BCUT2D eigenvalue weighted by Crippen LogP contribution is 2.17. The quantitative estimate of drug-likeness (QED) is 0.400. The number of allylic oxidation sites excluding steroid dienone is 1. The average Bonchev–Trinajstić information content (AvgIpc) is 1.90. The van der Waals surface area contributed by atoms with Gasteiger partial charge in [0.15, 0.2) is 0 Å². The monoisotopic (exact) mass is 127 g/mol. The molecule has 0 aromatic carbocycles. The van der Waals surface area contributed by atoms with Crippen LogP contribution >= 0.6 is 0 Å². The minimum absolute atomic E-state index is 0.207. The largest absolute Gasteiger partial charge is 0.378 e. The van der Waals surface area contributed by atoms with Gasteiger partial charge in [0, 0.05) is 5.92 Å². The molecule has 3 N–H and O–H groups in total. The van der Waals surface area contributed by atoms with Gasteiger partial charge < -0.3 is 10.8 Å². The molecule has 0 saturated carbocycles. The lowest BCUT2D eigenvalue weighted by atomic mass is 9.95. The van der Waals surface area contributed by atoms with E-state index in [-0.39, 0.29) is 5.92 Å². The van der Waals surface area contributed by atoms with E-state index >= 15 is 0 Å². The standard InChI is InChI=1S/C7H13NO/c8-7(9)6-4-2-1-3-5-6/h2,4,6-7,9H,1,3,5,8H2. The molecule has 52 valence electrons. The first-order chi connectivity index (χ1) is 4.30. The summed E-state index contributed by atoms with van der Waals surface area (Å²) in [6, 6.07) is 0. The van der Waals surface area contributed by atoms with Crippen LogP contribution in [-0.2, 0) is 0 Å². The van der Waals surface area contributed by atoms with E-state index in [0.717, 1.165) is 19.3 Å². The number of hydrogen-bond donors (Lipinski definition) is 2. The van der Waals surface area contributed by atoms with Crippen LogP contribution in [0.15, 0.2) is 12.2 Å². The Balaban J connectivity index is 2.40. The van der Waals surface area contributed by atoms with Crippen LogP contribution in [0, 0.1) is 5.92 Å². The first-order valence-electron chi connectivity index (χ1n) is 3.41. The van der Waals surface area contributed by atoms with E-state index in [1.54, 1.807) is 0 Å². The van der Waals surface area contributed by atoms with Crippen molar-refractivity contribution in [3.05, 3.63) is 12.2 Å². The maximum atomic E-state index is 8.90. The van der Waals surface area contributed by atoms with Gasteiger partial charge in [0.05, 0.1) is 0 Å². The van der Waals surface area contributed by atoms with Gasteiger partial charge in [0.25, 0.3) is 0 Å². The van der Waals surface area contributed by atoms with Crippen molar-refractivity contribution < 1.29 is 5.11 Å². The van der Waals surface area contributed by atoms with Crippen molar-refractivity contribution in [2.75, 3.05) is 0 Å². The third kappa shape index (κ3) is 1.80. The number of rotatable bonds is 1. The summed E-state index contributed by atoms with van der Waals surface area (Å²) in [5.74, 6) is 0.207. The summed E-state index contributed by atoms with van der Waals surface area (Å²) in [7, 11) is 0. The molecule has 0 fully saturated rings. The van der Waals surface area contributed by atoms with E-state index in [2.05, 4.69) is 6.08 Å². The van der Waals surface area contributed by atoms with Gasteiger partial charge in [0.2, 0.25) is 0 Å². The summed E-state index contributed by atoms with van der Waals surface area (Å²) < 4.78 is 0. The second-order valence-electron chi connectivity index (χ2n) is 2.51. The third-order valence-corrected chi connectivity index (χ3v) is 1.73. The minimum atomic E-state index is -0.651. The first-order valence-corrected chi connectivity index (χ1v) is 3.41. The van der Waals surface area contributed by atoms with Crippen LogP contribution in [0.5, 0.6) is 0 Å². The molecule has 0 aromatic rings. The van der Waals surface area contributed by atoms with Gasteiger partial charge in [-0.15, -0.1) is 0 Å². The Kier molecular flexibility index (Phi) is 2.25. The molecule has 0 aliphatic heterocycles. The molecule has 1 aliphatic rings. The SMILES string of the molecule is NC(O)C1C=CCCC1. The van der Waals surface area contributed by atoms with Crippen molar-refractivity contribution >= 4 is 0 Å². The van der Waals surface area contributed by atoms with Crippen LogP contribution in [0.2, 0.25) is 0 Å². The Morgan fingerprint density at radius 2 is 2.44 bits per heavy atom. The van der Waals surface area contributed by atoms with Crippen LogP contribution in [-0.4, -0.2) is 11.3 Å². The topological polar surface area (TPSA) is 46.2 Å². The summed E-state index contributed by atoms with van der Waals surface area (Å²) in [6.45, 7) is 0. The van der Waals surface area contributed by atoms with Gasteiger partial charge in [0.1, 0.15) is 6.23 Å². The number of nitrogens with two attached hydrogens (primary N) is 1. The van der Waals surface area contributed by atoms with Gasteiger partial charge in [-0.05, 0) is 19.3 Å². The van der Waals surface area contributed by atoms with Crippen LogP contribution in [0.3, 0.4) is 0 Å². The molecular weight excluding hydrogens is 114 g/mol. The molecular formula is C7H13NO. The molecule has 0 aromatic heterocycles. The van der Waals surface area contributed by atoms with E-state index in [9.17, 15) is 0 Å². The number of aliphatic hydroxyl groups excluding tert-OH is 1. The molecule has 0 spiro atoms. The van der Waals surface area contributed by atoms with Gasteiger partial charge in [-0.1, -0.05) is 12.2 Å². The average molecular weight is 127 g/mol. The zero-order valence-electron chi connectivity index (χ0n) is 5.46. The van der Waals surface area contributed by atoms with E-state index in [1.807, 2.05) is 6.08 Å². The molecule has 0 bridgehead atoms. The van der Waals surface area contributed by atoms with E-state index in [1.165, 1.54) is 0 Å². The first kappa shape index (κ1) is 6.78. The fourth-order valence-electron chi connectivity index (χ4n) is 1.12. The molecule has 0 saturated heterocycles. The van der Waals surface area contributed by atoms with Crippen LogP contribution in [0.4, 0.5) is 0 Å². The minimum Gasteiger partial charge on any atom is -0.378 e. The Labute approximate surface area is 55.4 Å². The Bertz CT molecular complexity index is 109. The Morgan fingerprint density at radius 3 is 2.78 bits per heavy atom. The second kappa shape index (κ2) is 2.99. The van der Waals surface area contributed by atoms with Gasteiger partial charge in [-0.25, -0.2) is 0 Å². The molecule has 0 radical (unpaired) electrons. The van der Waals surface area contributed by atoms with Crippen LogP contribution in [0.1, 0.15) is 19.3 Å². The third-order valence-electron chi connectivity index (χ3n) is 1.73. The molecule has 1 aliphatic carbocycles. The lowest BCUT2D eigenvalue weighted by Crippen LogP contribution is -2.28. The van der Waals surface area contributed by atoms with Crippen molar-refractivity contribution in [3.63, 3.8) is 0 Å². The van der Waals surface area contributed by atoms with Crippen molar-refractivity contribution in [1.29, 1.82) is 0 Å². The lowest BCUT2D eigenvalue weighted by molar-refractivity contribution is 0.129. The summed E-state index contributed by atoms with van der Waals surface area (Å²) in [6.07, 6.45) is 6.78. The zero-order valence-corrected chi connectivity index (χ0v) is 5.46. The molecule has 2 heteroatoms. The molecule has 1 rings (SSSR count). The van der Waals surface area contributed by atoms with Crippen LogP contribution in [0.25, 0.3) is 0 Å². The normalized spacial score (nSPS) is 30.2. The van der Waals surface area contributed by atoms with Gasteiger partial charge >= 0.3 is 0 Å². The van der Waals surface area contributed by atoms with Crippen molar-refractivity contribution in [1.82, 2.24) is 0 Å². The Morgan fingerprint density at radius 1 is 1.67 bits per heavy atom. The molecule has 0 heterocycles. The van der Waals surface area contributed by atoms with Crippen molar-refractivity contribution in [2.45, 2.75) is 25.5 Å². The van der Waals surface area contributed by atoms with E-state index in [0.29, 0.717) is 0 Å². The lowest BCUT2D eigenvalue weighted by Gasteiger charge is -2.18. The number of hydrogen-bond acceptors (Lipinski definition) is 2. The molecule has 2 unspecified atom stereocenters. The molecule has 2 nitrogen and oxygen atoms in total. The molecule has 9 heavy (non-hydrogen) atoms. The zero-order chi connectivity index (χ0) is 6.69. The van der Waals surface area contributed by atoms with E-state index < -0.39 is 6.23 Å². The number of aliphatic hydroxyl groups is 1. The maximum Gasteiger partial charge on any atom is 0.108 e. The van der Waals surface area contributed by atoms with E-state index in [4.69, 9.17) is 10.8 Å². The Hall–Kier alpha value is -0.340. The van der Waals surface area contributed by atoms with Gasteiger partial charge in [-0.2, -0.15) is 0 Å². The molecule has 0 amide bonds. The fourth-order valence-corrected chi connectivity index (χ4v) is 1.12. The molecule has 2 atom stereocenters. The highest BCUT2D eigenvalue weighted by atomic mass is 16.3. The fraction of sp³-hybridized carbons (Fsp3) is 0.714. The summed E-state index contributed by atoms with van der Waals surface area (Å²) in [5, 5.41) is 8.90. The highest BCUT2D eigenvalue weighted by molar-refractivity contribution is 4.94. The maximum absolute atomic E-state index is 8.90. The predicted molar refractivity (Wildman–Crippen MR) is 36.7 cm³/mol. The second-order valence-corrected chi connectivity index (χ2v) is 2.51. The van der Waals surface area contributed by atoms with Crippen LogP contribution < -0.4 is 5.73 Å². The summed E-state index contributed by atoms with van der Waals surface area (Å²) in [4.78, 5) is 0. The van der Waals surface area contributed by atoms with Crippen molar-refractivity contribution in [2.24, 2.45) is 11.7 Å². The van der Waals surface area contributed by atoms with Crippen molar-refractivity contribution in [3.8, 4) is 0 Å². The summed E-state index contributed by atoms with van der Waals surface area (Å²) >= 11 is 0. The summed E-state index contributed by atoms with van der Waals surface area (Å²) in [5.41, 5.74) is 5.27.